The van der Waals surface area contributed by atoms with Crippen LogP contribution in [0.4, 0.5) is 0 Å². The molecule has 3 N–H and O–H groups in total. The first kappa shape index (κ1) is 15.9. The third kappa shape index (κ3) is 3.81. The molecular weight excluding hydrogens is 337 g/mol. The molecule has 1 aromatic carbocycles. The van der Waals surface area contributed by atoms with E-state index in [1.165, 1.54) is 0 Å². The lowest BCUT2D eigenvalue weighted by Gasteiger charge is -2.07. The largest absolute Gasteiger partial charge is 0.481 e. The minimum absolute atomic E-state index is 0.117. The smallest absolute Gasteiger partial charge is 0.313 e. The molecule has 2 aromatic rings. The molecule has 1 heterocycles. The molecule has 0 bridgehead atoms. The molecule has 0 saturated heterocycles. The molecule has 0 radical (unpaired) electrons. The van der Waals surface area contributed by atoms with Gasteiger partial charge in [-0.15, -0.1) is 0 Å². The molecule has 2 rings (SSSR count). The fourth-order valence-corrected chi connectivity index (χ4v) is 2.85. The molecule has 0 aliphatic rings. The van der Waals surface area contributed by atoms with E-state index in [1.54, 1.807) is 16.7 Å². The molecule has 0 unspecified atom stereocenters. The number of amides is 1. The number of fused-ring (bicyclic) bond motifs is 1. The van der Waals surface area contributed by atoms with Crippen LogP contribution in [0, 0.1) is 0 Å². The number of hydrogen-bond acceptors (Lipinski definition) is 4. The number of aryl methyl sites for hydroxylation is 1. The summed E-state index contributed by atoms with van der Waals surface area (Å²) in [6, 6.07) is 3.24. The second kappa shape index (κ2) is 6.55. The molecule has 0 saturated carbocycles. The summed E-state index contributed by atoms with van der Waals surface area (Å²) in [5.74, 6) is -1.54. The maximum Gasteiger partial charge on any atom is 0.313 e. The Morgan fingerprint density at radius 2 is 2.00 bits per heavy atom. The van der Waals surface area contributed by atoms with Crippen molar-refractivity contribution in [1.82, 2.24) is 9.55 Å². The molecule has 0 fully saturated rings. The predicted octanol–water partition coefficient (Wildman–Crippen LogP) is 2.40. The highest BCUT2D eigenvalue weighted by Gasteiger charge is 2.15. The number of primary amides is 1. The van der Waals surface area contributed by atoms with Crippen LogP contribution in [0.5, 0.6) is 0 Å². The van der Waals surface area contributed by atoms with Crippen molar-refractivity contribution in [3.05, 3.63) is 22.2 Å². The van der Waals surface area contributed by atoms with Crippen molar-refractivity contribution < 1.29 is 14.7 Å². The van der Waals surface area contributed by atoms with Gasteiger partial charge in [-0.3, -0.25) is 9.59 Å². The number of aromatic nitrogens is 2. The van der Waals surface area contributed by atoms with Crippen LogP contribution in [0.25, 0.3) is 11.0 Å². The molecule has 0 atom stereocenters. The number of nitrogens with two attached hydrogens (primary N) is 1. The summed E-state index contributed by atoms with van der Waals surface area (Å²) in [6.45, 7) is 0.297. The molecule has 6 nitrogen and oxygen atoms in total. The lowest BCUT2D eigenvalue weighted by molar-refractivity contribution is -0.134. The molecule has 1 aromatic heterocycles. The molecule has 0 aliphatic heterocycles. The van der Waals surface area contributed by atoms with Crippen LogP contribution in [0.15, 0.2) is 17.3 Å². The van der Waals surface area contributed by atoms with Crippen molar-refractivity contribution in [1.29, 1.82) is 0 Å². The summed E-state index contributed by atoms with van der Waals surface area (Å²) in [5.41, 5.74) is 6.42. The fraction of sp³-hybridized carbons (Fsp3) is 0.250. The Morgan fingerprint density at radius 1 is 1.33 bits per heavy atom. The second-order valence-electron chi connectivity index (χ2n) is 4.20. The van der Waals surface area contributed by atoms with Gasteiger partial charge < -0.3 is 15.4 Å². The van der Waals surface area contributed by atoms with Crippen molar-refractivity contribution in [2.24, 2.45) is 5.73 Å². The maximum absolute atomic E-state index is 11.0. The number of carbonyl (C=O) groups is 2. The Bertz CT molecular complexity index is 717. The Morgan fingerprint density at radius 3 is 2.62 bits per heavy atom. The second-order valence-corrected chi connectivity index (χ2v) is 5.96. The lowest BCUT2D eigenvalue weighted by Crippen LogP contribution is -2.14. The van der Waals surface area contributed by atoms with E-state index in [4.69, 9.17) is 34.0 Å². The van der Waals surface area contributed by atoms with E-state index in [0.717, 1.165) is 11.8 Å². The zero-order valence-electron chi connectivity index (χ0n) is 10.7. The minimum Gasteiger partial charge on any atom is -0.481 e. The maximum atomic E-state index is 11.0. The standard InChI is InChI=1S/C12H11Cl2N3O3S/c13-6-3-8-9(4-7(6)14)17(2-1-10(15)18)12(16-8)21-5-11(19)20/h3-4H,1-2,5H2,(H2,15,18)(H,19,20). The fourth-order valence-electron chi connectivity index (χ4n) is 1.77. The van der Waals surface area contributed by atoms with Gasteiger partial charge >= 0.3 is 5.97 Å². The molecule has 1 amide bonds. The van der Waals surface area contributed by atoms with Gasteiger partial charge in [-0.05, 0) is 12.1 Å². The monoisotopic (exact) mass is 347 g/mol. The summed E-state index contributed by atoms with van der Waals surface area (Å²) in [4.78, 5) is 26.0. The molecular formula is C12H11Cl2N3O3S. The number of nitrogens with zero attached hydrogens (tertiary/aromatic N) is 2. The van der Waals surface area contributed by atoms with E-state index in [1.807, 2.05) is 0 Å². The van der Waals surface area contributed by atoms with Gasteiger partial charge in [0.15, 0.2) is 5.16 Å². The summed E-state index contributed by atoms with van der Waals surface area (Å²) >= 11 is 13.0. The first-order valence-corrected chi connectivity index (χ1v) is 7.61. The average molecular weight is 348 g/mol. The topological polar surface area (TPSA) is 98.2 Å². The van der Waals surface area contributed by atoms with Crippen molar-refractivity contribution >= 4 is 57.9 Å². The van der Waals surface area contributed by atoms with Crippen LogP contribution in [0.3, 0.4) is 0 Å². The van der Waals surface area contributed by atoms with Crippen molar-refractivity contribution in [3.63, 3.8) is 0 Å². The summed E-state index contributed by atoms with van der Waals surface area (Å²) in [6.07, 6.45) is 0.117. The number of thioether (sulfide) groups is 1. The first-order valence-electron chi connectivity index (χ1n) is 5.86. The Labute approximate surface area is 134 Å². The first-order chi connectivity index (χ1) is 9.88. The van der Waals surface area contributed by atoms with E-state index in [9.17, 15) is 9.59 Å². The SMILES string of the molecule is NC(=O)CCn1c(SCC(=O)O)nc2cc(Cl)c(Cl)cc21. The molecule has 0 aliphatic carbocycles. The molecule has 9 heteroatoms. The van der Waals surface area contributed by atoms with Gasteiger partial charge in [-0.25, -0.2) is 4.98 Å². The predicted molar refractivity (Wildman–Crippen MR) is 81.9 cm³/mol. The molecule has 112 valence electrons. The number of rotatable bonds is 6. The van der Waals surface area contributed by atoms with Gasteiger partial charge in [-0.1, -0.05) is 35.0 Å². The number of halogens is 2. The minimum atomic E-state index is -0.954. The number of imidazole rings is 1. The Balaban J connectivity index is 2.46. The van der Waals surface area contributed by atoms with Gasteiger partial charge in [0.1, 0.15) is 0 Å². The summed E-state index contributed by atoms with van der Waals surface area (Å²) in [5, 5.41) is 9.97. The Kier molecular flexibility index (Phi) is 4.97. The number of carboxylic acids is 1. The van der Waals surface area contributed by atoms with Crippen molar-refractivity contribution in [2.75, 3.05) is 5.75 Å². The third-order valence-electron chi connectivity index (χ3n) is 2.66. The van der Waals surface area contributed by atoms with Crippen LogP contribution in [0.2, 0.25) is 10.0 Å². The van der Waals surface area contributed by atoms with Gasteiger partial charge in [0.2, 0.25) is 5.91 Å². The number of carboxylic acid groups (broad SMARTS) is 1. The third-order valence-corrected chi connectivity index (χ3v) is 4.35. The number of aliphatic carboxylic acids is 1. The quantitative estimate of drug-likeness (QED) is 0.781. The van der Waals surface area contributed by atoms with E-state index in [2.05, 4.69) is 4.98 Å². The van der Waals surface area contributed by atoms with Crippen LogP contribution in [-0.2, 0) is 16.1 Å². The summed E-state index contributed by atoms with van der Waals surface area (Å²) in [7, 11) is 0. The van der Waals surface area contributed by atoms with Crippen LogP contribution in [0.1, 0.15) is 6.42 Å². The summed E-state index contributed by atoms with van der Waals surface area (Å²) < 4.78 is 1.72. The van der Waals surface area contributed by atoms with Gasteiger partial charge in [-0.2, -0.15) is 0 Å². The normalized spacial score (nSPS) is 11.0. The van der Waals surface area contributed by atoms with E-state index >= 15 is 0 Å². The van der Waals surface area contributed by atoms with E-state index in [-0.39, 0.29) is 12.2 Å². The van der Waals surface area contributed by atoms with Crippen LogP contribution < -0.4 is 5.73 Å². The number of carbonyl (C=O) groups excluding carboxylic acids is 1. The van der Waals surface area contributed by atoms with Gasteiger partial charge in [0.05, 0.1) is 26.8 Å². The highest BCUT2D eigenvalue weighted by atomic mass is 35.5. The number of benzene rings is 1. The van der Waals surface area contributed by atoms with Crippen molar-refractivity contribution in [3.8, 4) is 0 Å². The highest BCUT2D eigenvalue weighted by Crippen LogP contribution is 2.31. The van der Waals surface area contributed by atoms with E-state index < -0.39 is 11.9 Å². The highest BCUT2D eigenvalue weighted by molar-refractivity contribution is 7.99. The average Bonchev–Trinajstić information content (AvgIpc) is 2.71. The van der Waals surface area contributed by atoms with Crippen LogP contribution >= 0.6 is 35.0 Å². The zero-order chi connectivity index (χ0) is 15.6. The van der Waals surface area contributed by atoms with Gasteiger partial charge in [0.25, 0.3) is 0 Å². The van der Waals surface area contributed by atoms with Crippen LogP contribution in [-0.4, -0.2) is 32.3 Å². The zero-order valence-corrected chi connectivity index (χ0v) is 13.0. The Hall–Kier alpha value is -1.44. The van der Waals surface area contributed by atoms with Crippen molar-refractivity contribution in [2.45, 2.75) is 18.1 Å². The molecule has 0 spiro atoms. The number of hydrogen-bond donors (Lipinski definition) is 2. The van der Waals surface area contributed by atoms with Gasteiger partial charge in [0, 0.05) is 13.0 Å². The van der Waals surface area contributed by atoms with E-state index in [0.29, 0.717) is 32.8 Å². The molecule has 21 heavy (non-hydrogen) atoms. The lowest BCUT2D eigenvalue weighted by atomic mass is 10.3.